The number of rotatable bonds is 53. The third-order valence-electron chi connectivity index (χ3n) is 15.3. The van der Waals surface area contributed by atoms with Crippen LogP contribution < -0.4 is 0 Å². The highest BCUT2D eigenvalue weighted by Gasteiger charge is 2.22. The van der Waals surface area contributed by atoms with Crippen molar-refractivity contribution in [2.24, 2.45) is 0 Å². The Bertz CT molecular complexity index is 887. The molecule has 0 spiro atoms. The largest absolute Gasteiger partial charge is 0.343 e. The molecular formula is C61H121N3O2. The average molecular weight is 929 g/mol. The Morgan fingerprint density at radius 1 is 0.288 bits per heavy atom. The highest BCUT2D eigenvalue weighted by Crippen LogP contribution is 2.25. The Kier molecular flexibility index (Phi) is 47.9. The van der Waals surface area contributed by atoms with Crippen molar-refractivity contribution < 1.29 is 9.59 Å². The van der Waals surface area contributed by atoms with E-state index in [9.17, 15) is 9.59 Å². The monoisotopic (exact) mass is 928 g/mol. The van der Waals surface area contributed by atoms with E-state index in [0.717, 1.165) is 57.9 Å². The summed E-state index contributed by atoms with van der Waals surface area (Å²) < 4.78 is 0. The molecule has 1 saturated carbocycles. The van der Waals surface area contributed by atoms with Gasteiger partial charge in [0.2, 0.25) is 11.8 Å². The fourth-order valence-electron chi connectivity index (χ4n) is 10.8. The Balaban J connectivity index is 2.37. The topological polar surface area (TPSA) is 43.9 Å². The van der Waals surface area contributed by atoms with E-state index < -0.39 is 0 Å². The molecule has 1 fully saturated rings. The maximum Gasteiger partial charge on any atom is 0.222 e. The highest BCUT2D eigenvalue weighted by molar-refractivity contribution is 5.76. The molecule has 0 aromatic rings. The fourth-order valence-corrected chi connectivity index (χ4v) is 10.8. The number of nitrogens with zero attached hydrogens (tertiary/aromatic N) is 3. The van der Waals surface area contributed by atoms with Gasteiger partial charge in [0.05, 0.1) is 0 Å². The van der Waals surface area contributed by atoms with Gasteiger partial charge in [0.15, 0.2) is 0 Å². The number of carbonyl (C=O) groups is 2. The minimum absolute atomic E-state index is 0.435. The van der Waals surface area contributed by atoms with Crippen molar-refractivity contribution in [1.82, 2.24) is 14.7 Å². The van der Waals surface area contributed by atoms with E-state index in [0.29, 0.717) is 11.8 Å². The van der Waals surface area contributed by atoms with Gasteiger partial charge in [-0.15, -0.1) is 0 Å². The van der Waals surface area contributed by atoms with Gasteiger partial charge in [-0.05, 0) is 77.3 Å². The third-order valence-corrected chi connectivity index (χ3v) is 15.3. The zero-order chi connectivity index (χ0) is 47.6. The predicted octanol–water partition coefficient (Wildman–Crippen LogP) is 19.1. The lowest BCUT2D eigenvalue weighted by Crippen LogP contribution is -2.35. The summed E-state index contributed by atoms with van der Waals surface area (Å²) in [4.78, 5) is 34.3. The number of hydrogen-bond donors (Lipinski definition) is 0. The van der Waals surface area contributed by atoms with E-state index >= 15 is 0 Å². The SMILES string of the molecule is CCCCCCCCCCN(CCCCCCCCCC)C(=O)CCCCCCCN(CCCCCCCC(=O)N(CCCCCCCCCC)CCCCCCCCCC)C1CCCC1. The second-order valence-corrected chi connectivity index (χ2v) is 21.7. The molecule has 0 aliphatic heterocycles. The Morgan fingerprint density at radius 2 is 0.500 bits per heavy atom. The van der Waals surface area contributed by atoms with E-state index in [1.807, 2.05) is 0 Å². The van der Waals surface area contributed by atoms with Crippen LogP contribution in [0.2, 0.25) is 0 Å². The predicted molar refractivity (Wildman–Crippen MR) is 293 cm³/mol. The summed E-state index contributed by atoms with van der Waals surface area (Å²) >= 11 is 0. The van der Waals surface area contributed by atoms with Crippen LogP contribution >= 0.6 is 0 Å². The molecule has 1 rings (SSSR count). The quantitative estimate of drug-likeness (QED) is 0.0571. The number of amides is 2. The van der Waals surface area contributed by atoms with Gasteiger partial charge in [-0.1, -0.05) is 259 Å². The first kappa shape index (κ1) is 62.9. The van der Waals surface area contributed by atoms with Gasteiger partial charge >= 0.3 is 0 Å². The second kappa shape index (κ2) is 50.3. The summed E-state index contributed by atoms with van der Waals surface area (Å²) in [6.45, 7) is 15.6. The number of hydrogen-bond acceptors (Lipinski definition) is 3. The van der Waals surface area contributed by atoms with E-state index in [4.69, 9.17) is 0 Å². The van der Waals surface area contributed by atoms with Crippen molar-refractivity contribution in [3.63, 3.8) is 0 Å². The van der Waals surface area contributed by atoms with E-state index in [1.165, 1.54) is 296 Å². The molecule has 0 unspecified atom stereocenters. The van der Waals surface area contributed by atoms with Gasteiger partial charge in [0, 0.05) is 45.1 Å². The first-order valence-corrected chi connectivity index (χ1v) is 30.9. The minimum atomic E-state index is 0.435. The fraction of sp³-hybridized carbons (Fsp3) is 0.967. The zero-order valence-corrected chi connectivity index (χ0v) is 45.9. The Morgan fingerprint density at radius 3 is 0.758 bits per heavy atom. The Hall–Kier alpha value is -1.10. The van der Waals surface area contributed by atoms with Crippen LogP contribution in [0.3, 0.4) is 0 Å². The van der Waals surface area contributed by atoms with Gasteiger partial charge in [-0.3, -0.25) is 9.59 Å². The maximum absolute atomic E-state index is 13.5. The first-order chi connectivity index (χ1) is 32.6. The Labute approximate surface area is 415 Å². The van der Waals surface area contributed by atoms with Crippen LogP contribution in [0.5, 0.6) is 0 Å². The molecule has 0 aromatic heterocycles. The zero-order valence-electron chi connectivity index (χ0n) is 45.9. The highest BCUT2D eigenvalue weighted by atomic mass is 16.2. The normalized spacial score (nSPS) is 13.1. The van der Waals surface area contributed by atoms with Gasteiger partial charge in [0.1, 0.15) is 0 Å². The van der Waals surface area contributed by atoms with Crippen LogP contribution in [0.15, 0.2) is 0 Å². The molecule has 0 aromatic carbocycles. The molecule has 0 heterocycles. The molecule has 5 nitrogen and oxygen atoms in total. The molecule has 0 atom stereocenters. The van der Waals surface area contributed by atoms with Crippen LogP contribution in [0.25, 0.3) is 0 Å². The van der Waals surface area contributed by atoms with Crippen molar-refractivity contribution >= 4 is 11.8 Å². The van der Waals surface area contributed by atoms with Gasteiger partial charge in [-0.25, -0.2) is 0 Å². The van der Waals surface area contributed by atoms with Crippen molar-refractivity contribution in [3.05, 3.63) is 0 Å². The molecule has 0 saturated heterocycles. The first-order valence-electron chi connectivity index (χ1n) is 30.9. The van der Waals surface area contributed by atoms with Crippen molar-refractivity contribution in [2.75, 3.05) is 39.3 Å². The molecule has 0 radical (unpaired) electrons. The van der Waals surface area contributed by atoms with Crippen molar-refractivity contribution in [2.45, 2.75) is 342 Å². The van der Waals surface area contributed by atoms with Crippen LogP contribution in [0.4, 0.5) is 0 Å². The van der Waals surface area contributed by atoms with Crippen LogP contribution in [-0.4, -0.2) is 71.8 Å². The van der Waals surface area contributed by atoms with Crippen LogP contribution in [0, 0.1) is 0 Å². The summed E-state index contributed by atoms with van der Waals surface area (Å²) in [6, 6.07) is 0.807. The van der Waals surface area contributed by atoms with Crippen LogP contribution in [-0.2, 0) is 9.59 Å². The summed E-state index contributed by atoms with van der Waals surface area (Å²) in [5.74, 6) is 0.870. The van der Waals surface area contributed by atoms with Gasteiger partial charge in [-0.2, -0.15) is 0 Å². The molecule has 0 bridgehead atoms. The van der Waals surface area contributed by atoms with E-state index in [2.05, 4.69) is 42.4 Å². The second-order valence-electron chi connectivity index (χ2n) is 21.7. The summed E-state index contributed by atoms with van der Waals surface area (Å²) in [5, 5.41) is 0. The minimum Gasteiger partial charge on any atom is -0.343 e. The van der Waals surface area contributed by atoms with Crippen molar-refractivity contribution in [3.8, 4) is 0 Å². The summed E-state index contributed by atoms with van der Waals surface area (Å²) in [6.07, 6.45) is 62.1. The molecule has 5 heteroatoms. The van der Waals surface area contributed by atoms with E-state index in [-0.39, 0.29) is 0 Å². The average Bonchev–Trinajstić information content (AvgIpc) is 3.87. The lowest BCUT2D eigenvalue weighted by atomic mass is 10.1. The third kappa shape index (κ3) is 39.7. The molecule has 0 N–H and O–H groups in total. The molecule has 66 heavy (non-hydrogen) atoms. The van der Waals surface area contributed by atoms with Gasteiger partial charge in [0.25, 0.3) is 0 Å². The molecule has 1 aliphatic carbocycles. The number of carbonyl (C=O) groups excluding carboxylic acids is 2. The maximum atomic E-state index is 13.5. The summed E-state index contributed by atoms with van der Waals surface area (Å²) in [7, 11) is 0. The number of unbranched alkanes of at least 4 members (excludes halogenated alkanes) is 36. The lowest BCUT2D eigenvalue weighted by Gasteiger charge is -2.29. The van der Waals surface area contributed by atoms with E-state index in [1.54, 1.807) is 0 Å². The van der Waals surface area contributed by atoms with Gasteiger partial charge < -0.3 is 14.7 Å². The smallest absolute Gasteiger partial charge is 0.222 e. The summed E-state index contributed by atoms with van der Waals surface area (Å²) in [5.41, 5.74) is 0. The molecule has 1 aliphatic rings. The lowest BCUT2D eigenvalue weighted by molar-refractivity contribution is -0.132. The molecule has 392 valence electrons. The molecule has 2 amide bonds. The van der Waals surface area contributed by atoms with Crippen molar-refractivity contribution in [1.29, 1.82) is 0 Å². The van der Waals surface area contributed by atoms with Crippen LogP contribution in [0.1, 0.15) is 336 Å². The molecular weight excluding hydrogens is 807 g/mol. The standard InChI is InChI=1S/C61H121N3O2/c1-5-9-13-17-21-25-33-45-55-63(56-46-34-26-22-18-14-10-6-2)60(65)51-39-31-29-37-43-53-62(59-49-41-42-50-59)54-44-38-30-32-40-52-61(66)64(57-47-35-27-23-19-15-11-7-3)58-48-36-28-24-20-16-12-8-4/h59H,5-58H2,1-4H3.